The Balaban J connectivity index is 1.63. The minimum atomic E-state index is -1.30. The molecule has 35 heavy (non-hydrogen) atoms. The number of methoxy groups -OCH3 is 1. The third-order valence-electron chi connectivity index (χ3n) is 6.56. The summed E-state index contributed by atoms with van der Waals surface area (Å²) in [5.74, 6) is -1.43. The number of fused-ring (bicyclic) bond motifs is 3. The van der Waals surface area contributed by atoms with Crippen molar-refractivity contribution in [1.29, 1.82) is 0 Å². The molecule has 2 aromatic carbocycles. The molecule has 2 aromatic rings. The maximum Gasteiger partial charge on any atom is 0.408 e. The Morgan fingerprint density at radius 2 is 1.66 bits per heavy atom. The van der Waals surface area contributed by atoms with Crippen LogP contribution in [0.1, 0.15) is 50.2 Å². The van der Waals surface area contributed by atoms with Crippen molar-refractivity contribution in [1.82, 2.24) is 10.6 Å². The number of benzene rings is 2. The summed E-state index contributed by atoms with van der Waals surface area (Å²) in [6.07, 6.45) is 0.141. The first-order valence-corrected chi connectivity index (χ1v) is 11.9. The Morgan fingerprint density at radius 1 is 1.06 bits per heavy atom. The maximum absolute atomic E-state index is 13.0. The first-order chi connectivity index (χ1) is 16.8. The normalized spacial score (nSPS) is 14.8. The summed E-state index contributed by atoms with van der Waals surface area (Å²) in [4.78, 5) is 36.7. The average Bonchev–Trinajstić information content (AvgIpc) is 3.15. The minimum absolute atomic E-state index is 0.0236. The van der Waals surface area contributed by atoms with Crippen LogP contribution in [0.5, 0.6) is 0 Å². The van der Waals surface area contributed by atoms with Crippen LogP contribution in [0.3, 0.4) is 0 Å². The van der Waals surface area contributed by atoms with E-state index in [1.54, 1.807) is 6.92 Å². The predicted molar refractivity (Wildman–Crippen MR) is 132 cm³/mol. The average molecular weight is 483 g/mol. The lowest BCUT2D eigenvalue weighted by Gasteiger charge is -2.31. The van der Waals surface area contributed by atoms with Crippen molar-refractivity contribution in [3.05, 3.63) is 59.7 Å². The van der Waals surface area contributed by atoms with E-state index in [1.165, 1.54) is 7.11 Å². The number of carboxylic acids is 1. The molecular formula is C27H34N2O6. The van der Waals surface area contributed by atoms with Crippen LogP contribution >= 0.6 is 0 Å². The van der Waals surface area contributed by atoms with Crippen LogP contribution in [-0.2, 0) is 19.1 Å². The maximum atomic E-state index is 13.0. The Bertz CT molecular complexity index is 1010. The summed E-state index contributed by atoms with van der Waals surface area (Å²) in [5.41, 5.74) is 3.18. The standard InChI is InChI=1S/C27H34N2O6/c1-4-27(17-34-3,25(32)28-14-13-18(2)15-24(30)31)29-26(33)35-16-23-21-11-7-5-9-19(21)20-10-6-8-12-22(20)23/h5-12,18,23H,4,13-17H2,1-3H3,(H,28,32)(H,29,33)(H,30,31). The number of amides is 2. The summed E-state index contributed by atoms with van der Waals surface area (Å²) < 4.78 is 10.9. The second-order valence-corrected chi connectivity index (χ2v) is 9.07. The molecule has 3 N–H and O–H groups in total. The first-order valence-electron chi connectivity index (χ1n) is 11.9. The Kier molecular flexibility index (Phi) is 8.87. The topological polar surface area (TPSA) is 114 Å². The molecule has 2 amide bonds. The van der Waals surface area contributed by atoms with Gasteiger partial charge >= 0.3 is 12.1 Å². The van der Waals surface area contributed by atoms with E-state index in [1.807, 2.05) is 43.3 Å². The van der Waals surface area contributed by atoms with Crippen molar-refractivity contribution in [2.45, 2.75) is 44.6 Å². The van der Waals surface area contributed by atoms with Crippen molar-refractivity contribution in [3.8, 4) is 11.1 Å². The zero-order valence-electron chi connectivity index (χ0n) is 20.5. The fourth-order valence-corrected chi connectivity index (χ4v) is 4.59. The number of carbonyl (C=O) groups excluding carboxylic acids is 2. The lowest BCUT2D eigenvalue weighted by Crippen LogP contribution is -2.61. The number of carbonyl (C=O) groups is 3. The molecule has 0 aromatic heterocycles. The van der Waals surface area contributed by atoms with Gasteiger partial charge in [-0.1, -0.05) is 62.4 Å². The molecular weight excluding hydrogens is 448 g/mol. The van der Waals surface area contributed by atoms with Gasteiger partial charge in [0.1, 0.15) is 12.1 Å². The van der Waals surface area contributed by atoms with Gasteiger partial charge in [0.25, 0.3) is 0 Å². The third kappa shape index (κ3) is 6.19. The van der Waals surface area contributed by atoms with Gasteiger partial charge in [-0.2, -0.15) is 0 Å². The number of hydrogen-bond acceptors (Lipinski definition) is 5. The number of hydrogen-bond donors (Lipinski definition) is 3. The first kappa shape index (κ1) is 26.2. The van der Waals surface area contributed by atoms with Gasteiger partial charge in [-0.25, -0.2) is 4.79 Å². The quantitative estimate of drug-likeness (QED) is 0.422. The van der Waals surface area contributed by atoms with E-state index in [4.69, 9.17) is 14.6 Å². The van der Waals surface area contributed by atoms with Gasteiger partial charge in [-0.3, -0.25) is 9.59 Å². The molecule has 0 aliphatic heterocycles. The van der Waals surface area contributed by atoms with Crippen molar-refractivity contribution in [3.63, 3.8) is 0 Å². The fraction of sp³-hybridized carbons (Fsp3) is 0.444. The molecule has 188 valence electrons. The van der Waals surface area contributed by atoms with Crippen LogP contribution in [-0.4, -0.2) is 55.5 Å². The number of aliphatic carboxylic acids is 1. The second-order valence-electron chi connectivity index (χ2n) is 9.07. The SMILES string of the molecule is CCC(COC)(NC(=O)OCC1c2ccccc2-c2ccccc21)C(=O)NCCC(C)CC(=O)O. The molecule has 8 nitrogen and oxygen atoms in total. The van der Waals surface area contributed by atoms with Crippen LogP contribution in [0.25, 0.3) is 11.1 Å². The Morgan fingerprint density at radius 3 is 2.20 bits per heavy atom. The fourth-order valence-electron chi connectivity index (χ4n) is 4.59. The van der Waals surface area contributed by atoms with Crippen LogP contribution < -0.4 is 10.6 Å². The van der Waals surface area contributed by atoms with E-state index in [-0.39, 0.29) is 31.5 Å². The molecule has 1 aliphatic carbocycles. The van der Waals surface area contributed by atoms with Crippen molar-refractivity contribution in [2.75, 3.05) is 26.9 Å². The van der Waals surface area contributed by atoms with E-state index >= 15 is 0 Å². The van der Waals surface area contributed by atoms with Gasteiger partial charge in [-0.05, 0) is 41.0 Å². The molecule has 0 bridgehead atoms. The van der Waals surface area contributed by atoms with Crippen molar-refractivity contribution < 1.29 is 29.0 Å². The van der Waals surface area contributed by atoms with Gasteiger partial charge in [-0.15, -0.1) is 0 Å². The van der Waals surface area contributed by atoms with E-state index in [0.717, 1.165) is 22.3 Å². The summed E-state index contributed by atoms with van der Waals surface area (Å²) >= 11 is 0. The molecule has 0 saturated heterocycles. The summed E-state index contributed by atoms with van der Waals surface area (Å²) in [5, 5.41) is 14.4. The van der Waals surface area contributed by atoms with E-state index in [0.29, 0.717) is 19.4 Å². The molecule has 0 spiro atoms. The van der Waals surface area contributed by atoms with Crippen LogP contribution in [0, 0.1) is 5.92 Å². The minimum Gasteiger partial charge on any atom is -0.481 e. The summed E-state index contributed by atoms with van der Waals surface area (Å²) in [6.45, 7) is 4.02. The Hall–Kier alpha value is -3.39. The highest BCUT2D eigenvalue weighted by molar-refractivity contribution is 5.90. The third-order valence-corrected chi connectivity index (χ3v) is 6.56. The van der Waals surface area contributed by atoms with E-state index in [2.05, 4.69) is 22.8 Å². The predicted octanol–water partition coefficient (Wildman–Crippen LogP) is 3.94. The van der Waals surface area contributed by atoms with E-state index in [9.17, 15) is 14.4 Å². The van der Waals surface area contributed by atoms with Gasteiger partial charge in [0.15, 0.2) is 0 Å². The summed E-state index contributed by atoms with van der Waals surface area (Å²) in [6, 6.07) is 16.1. The zero-order chi connectivity index (χ0) is 25.4. The molecule has 2 unspecified atom stereocenters. The summed E-state index contributed by atoms with van der Waals surface area (Å²) in [7, 11) is 1.46. The van der Waals surface area contributed by atoms with Crippen molar-refractivity contribution >= 4 is 18.0 Å². The number of nitrogens with one attached hydrogen (secondary N) is 2. The highest BCUT2D eigenvalue weighted by Gasteiger charge is 2.39. The molecule has 0 fully saturated rings. The largest absolute Gasteiger partial charge is 0.481 e. The molecule has 0 saturated carbocycles. The van der Waals surface area contributed by atoms with E-state index < -0.39 is 23.5 Å². The molecule has 2 atom stereocenters. The smallest absolute Gasteiger partial charge is 0.408 e. The molecule has 1 aliphatic rings. The molecule has 3 rings (SSSR count). The van der Waals surface area contributed by atoms with Gasteiger partial charge in [0.2, 0.25) is 5.91 Å². The van der Waals surface area contributed by atoms with Crippen LogP contribution in [0.4, 0.5) is 4.79 Å². The van der Waals surface area contributed by atoms with Crippen LogP contribution in [0.2, 0.25) is 0 Å². The molecule has 0 radical (unpaired) electrons. The lowest BCUT2D eigenvalue weighted by molar-refractivity contribution is -0.138. The number of carboxylic acid groups (broad SMARTS) is 1. The highest BCUT2D eigenvalue weighted by atomic mass is 16.5. The number of rotatable bonds is 12. The zero-order valence-corrected chi connectivity index (χ0v) is 20.5. The Labute approximate surface area is 206 Å². The molecule has 0 heterocycles. The molecule has 8 heteroatoms. The van der Waals surface area contributed by atoms with Gasteiger partial charge in [0, 0.05) is 26.0 Å². The monoisotopic (exact) mass is 482 g/mol. The van der Waals surface area contributed by atoms with Gasteiger partial charge in [0.05, 0.1) is 6.61 Å². The second kappa shape index (κ2) is 11.8. The van der Waals surface area contributed by atoms with Gasteiger partial charge < -0.3 is 25.2 Å². The highest BCUT2D eigenvalue weighted by Crippen LogP contribution is 2.44. The van der Waals surface area contributed by atoms with Crippen molar-refractivity contribution in [2.24, 2.45) is 5.92 Å². The number of ether oxygens (including phenoxy) is 2. The number of alkyl carbamates (subject to hydrolysis) is 1. The van der Waals surface area contributed by atoms with Crippen LogP contribution in [0.15, 0.2) is 48.5 Å². The lowest BCUT2D eigenvalue weighted by atomic mass is 9.95.